The highest BCUT2D eigenvalue weighted by molar-refractivity contribution is 8.00. The van der Waals surface area contributed by atoms with Crippen LogP contribution < -0.4 is 10.2 Å². The number of rotatable bonds is 8. The Morgan fingerprint density at radius 3 is 2.45 bits per heavy atom. The number of ether oxygens (including phenoxy) is 1. The maximum atomic E-state index is 13.1. The Bertz CT molecular complexity index is 886. The molecular weight excluding hydrogens is 417 g/mol. The van der Waals surface area contributed by atoms with Crippen molar-refractivity contribution >= 4 is 29.3 Å². The Morgan fingerprint density at radius 1 is 1.10 bits per heavy atom. The first-order valence-corrected chi connectivity index (χ1v) is 11.2. The Balaban J connectivity index is 1.46. The third-order valence-electron chi connectivity index (χ3n) is 5.25. The monoisotopic (exact) mass is 445 g/mol. The van der Waals surface area contributed by atoms with Gasteiger partial charge in [0.1, 0.15) is 11.1 Å². The Labute approximate surface area is 186 Å². The lowest BCUT2D eigenvalue weighted by Crippen LogP contribution is -2.48. The van der Waals surface area contributed by atoms with Crippen molar-refractivity contribution in [2.45, 2.75) is 17.1 Å². The molecule has 166 valence electrons. The lowest BCUT2D eigenvalue weighted by Gasteiger charge is -2.36. The van der Waals surface area contributed by atoms with Crippen LogP contribution in [0.4, 0.5) is 10.1 Å². The summed E-state index contributed by atoms with van der Waals surface area (Å²) in [6.07, 6.45) is 0. The first kappa shape index (κ1) is 23.1. The number of amides is 1. The van der Waals surface area contributed by atoms with Gasteiger partial charge in [-0.15, -0.1) is 11.8 Å². The molecule has 1 aliphatic rings. The van der Waals surface area contributed by atoms with E-state index in [-0.39, 0.29) is 17.7 Å². The van der Waals surface area contributed by atoms with E-state index in [1.807, 2.05) is 30.3 Å². The smallest absolute Gasteiger partial charge is 0.318 e. The zero-order chi connectivity index (χ0) is 22.2. The summed E-state index contributed by atoms with van der Waals surface area (Å²) in [4.78, 5) is 29.7. The van der Waals surface area contributed by atoms with Crippen LogP contribution in [0, 0.1) is 5.82 Å². The van der Waals surface area contributed by atoms with Gasteiger partial charge in [-0.25, -0.2) is 4.39 Å². The number of hydrogen-bond acceptors (Lipinski definition) is 6. The van der Waals surface area contributed by atoms with Gasteiger partial charge < -0.3 is 15.0 Å². The molecule has 1 fully saturated rings. The Kier molecular flexibility index (Phi) is 8.31. The van der Waals surface area contributed by atoms with Gasteiger partial charge >= 0.3 is 5.97 Å². The molecule has 31 heavy (non-hydrogen) atoms. The molecule has 1 amide bonds. The zero-order valence-corrected chi connectivity index (χ0v) is 18.7. The van der Waals surface area contributed by atoms with Crippen molar-refractivity contribution in [2.75, 3.05) is 51.3 Å². The molecule has 1 unspecified atom stereocenters. The van der Waals surface area contributed by atoms with Gasteiger partial charge in [0.2, 0.25) is 0 Å². The van der Waals surface area contributed by atoms with Gasteiger partial charge in [-0.2, -0.15) is 0 Å². The number of carbonyl (C=O) groups excluding carboxylic acids is 2. The van der Waals surface area contributed by atoms with Gasteiger partial charge in [0.15, 0.2) is 0 Å². The first-order valence-electron chi connectivity index (χ1n) is 10.3. The van der Waals surface area contributed by atoms with Crippen molar-refractivity contribution in [2.24, 2.45) is 0 Å². The van der Waals surface area contributed by atoms with Crippen LogP contribution in [0.15, 0.2) is 53.4 Å². The predicted molar refractivity (Wildman–Crippen MR) is 121 cm³/mol. The summed E-state index contributed by atoms with van der Waals surface area (Å²) >= 11 is 1.32. The van der Waals surface area contributed by atoms with E-state index in [1.54, 1.807) is 13.0 Å². The fraction of sp³-hybridized carbons (Fsp3) is 0.391. The summed E-state index contributed by atoms with van der Waals surface area (Å²) in [5.41, 5.74) is 1.59. The van der Waals surface area contributed by atoms with Crippen LogP contribution in [-0.2, 0) is 9.53 Å². The molecule has 0 aliphatic carbocycles. The van der Waals surface area contributed by atoms with Crippen LogP contribution in [0.1, 0.15) is 17.3 Å². The second-order valence-corrected chi connectivity index (χ2v) is 8.72. The number of esters is 1. The van der Waals surface area contributed by atoms with E-state index >= 15 is 0 Å². The van der Waals surface area contributed by atoms with E-state index in [1.165, 1.54) is 31.0 Å². The lowest BCUT2D eigenvalue weighted by molar-refractivity contribution is -0.139. The van der Waals surface area contributed by atoms with Crippen LogP contribution in [-0.4, -0.2) is 68.4 Å². The molecule has 8 heteroatoms. The van der Waals surface area contributed by atoms with Gasteiger partial charge in [0.25, 0.3) is 5.91 Å². The molecule has 1 N–H and O–H groups in total. The number of thioether (sulfide) groups is 1. The van der Waals surface area contributed by atoms with Crippen LogP contribution in [0.3, 0.4) is 0 Å². The highest BCUT2D eigenvalue weighted by Gasteiger charge is 2.20. The molecule has 2 aromatic rings. The second kappa shape index (κ2) is 11.2. The highest BCUT2D eigenvalue weighted by Crippen LogP contribution is 2.27. The van der Waals surface area contributed by atoms with E-state index in [2.05, 4.69) is 15.1 Å². The van der Waals surface area contributed by atoms with E-state index in [9.17, 15) is 14.0 Å². The number of nitrogens with one attached hydrogen (secondary N) is 1. The molecule has 1 saturated heterocycles. The second-order valence-electron chi connectivity index (χ2n) is 7.34. The molecule has 3 rings (SSSR count). The number of anilines is 1. The molecule has 1 aliphatic heterocycles. The third kappa shape index (κ3) is 6.45. The molecular formula is C23H28FN3O3S. The molecule has 2 aromatic carbocycles. The average Bonchev–Trinajstić information content (AvgIpc) is 2.79. The van der Waals surface area contributed by atoms with Crippen molar-refractivity contribution < 1.29 is 18.7 Å². The maximum Gasteiger partial charge on any atom is 0.318 e. The number of piperazine rings is 1. The largest absolute Gasteiger partial charge is 0.468 e. The van der Waals surface area contributed by atoms with Crippen LogP contribution >= 0.6 is 11.8 Å². The number of nitrogens with zero attached hydrogens (tertiary/aromatic N) is 2. The van der Waals surface area contributed by atoms with E-state index in [4.69, 9.17) is 4.74 Å². The molecule has 0 saturated carbocycles. The minimum atomic E-state index is -0.392. The van der Waals surface area contributed by atoms with Crippen molar-refractivity contribution in [3.8, 4) is 0 Å². The van der Waals surface area contributed by atoms with E-state index < -0.39 is 5.25 Å². The highest BCUT2D eigenvalue weighted by atomic mass is 32.2. The molecule has 1 atom stereocenters. The summed E-state index contributed by atoms with van der Waals surface area (Å²) in [6, 6.07) is 13.9. The standard InChI is InChI=1S/C23H28FN3O3S/c1-17(23(29)30-2)31-21-6-4-3-5-20(21)22(28)25-11-12-26-13-15-27(16-14-26)19-9-7-18(24)8-10-19/h3-10,17H,11-16H2,1-2H3,(H,25,28). The van der Waals surface area contributed by atoms with Gasteiger partial charge in [-0.3, -0.25) is 14.5 Å². The number of carbonyl (C=O) groups is 2. The number of methoxy groups -OCH3 is 1. The molecule has 0 bridgehead atoms. The Hall–Kier alpha value is -2.58. The molecule has 1 heterocycles. The van der Waals surface area contributed by atoms with E-state index in [0.29, 0.717) is 12.1 Å². The van der Waals surface area contributed by atoms with Crippen molar-refractivity contribution in [1.29, 1.82) is 0 Å². The molecule has 0 spiro atoms. The number of hydrogen-bond donors (Lipinski definition) is 1. The van der Waals surface area contributed by atoms with Crippen LogP contribution in [0.25, 0.3) is 0 Å². The van der Waals surface area contributed by atoms with Gasteiger partial charge in [0, 0.05) is 49.9 Å². The predicted octanol–water partition coefficient (Wildman–Crippen LogP) is 3.03. The van der Waals surface area contributed by atoms with E-state index in [0.717, 1.165) is 43.3 Å². The van der Waals surface area contributed by atoms with Crippen molar-refractivity contribution in [3.05, 3.63) is 59.9 Å². The molecule has 0 radical (unpaired) electrons. The molecule has 6 nitrogen and oxygen atoms in total. The van der Waals surface area contributed by atoms with Gasteiger partial charge in [-0.1, -0.05) is 12.1 Å². The SMILES string of the molecule is COC(=O)C(C)Sc1ccccc1C(=O)NCCN1CCN(c2ccc(F)cc2)CC1. The van der Waals surface area contributed by atoms with Crippen LogP contribution in [0.5, 0.6) is 0 Å². The summed E-state index contributed by atoms with van der Waals surface area (Å²) in [5, 5.41) is 2.59. The number of benzene rings is 2. The summed E-state index contributed by atoms with van der Waals surface area (Å²) in [7, 11) is 1.36. The fourth-order valence-corrected chi connectivity index (χ4v) is 4.48. The van der Waals surface area contributed by atoms with Crippen molar-refractivity contribution in [1.82, 2.24) is 10.2 Å². The maximum absolute atomic E-state index is 13.1. The average molecular weight is 446 g/mol. The zero-order valence-electron chi connectivity index (χ0n) is 17.8. The summed E-state index contributed by atoms with van der Waals surface area (Å²) < 4.78 is 17.9. The quantitative estimate of drug-likeness (QED) is 0.498. The minimum Gasteiger partial charge on any atom is -0.468 e. The molecule has 0 aromatic heterocycles. The summed E-state index contributed by atoms with van der Waals surface area (Å²) in [6.45, 7) is 6.57. The Morgan fingerprint density at radius 2 is 1.77 bits per heavy atom. The normalized spacial score (nSPS) is 15.4. The summed E-state index contributed by atoms with van der Waals surface area (Å²) in [5.74, 6) is -0.692. The third-order valence-corrected chi connectivity index (χ3v) is 6.40. The van der Waals surface area contributed by atoms with Gasteiger partial charge in [0.05, 0.1) is 12.7 Å². The topological polar surface area (TPSA) is 61.9 Å². The van der Waals surface area contributed by atoms with Crippen LogP contribution in [0.2, 0.25) is 0 Å². The fourth-order valence-electron chi connectivity index (χ4n) is 3.47. The first-order chi connectivity index (χ1) is 15.0. The lowest BCUT2D eigenvalue weighted by atomic mass is 10.2. The number of halogens is 1. The van der Waals surface area contributed by atoms with Gasteiger partial charge in [-0.05, 0) is 43.3 Å². The minimum absolute atomic E-state index is 0.148. The van der Waals surface area contributed by atoms with Crippen molar-refractivity contribution in [3.63, 3.8) is 0 Å².